The van der Waals surface area contributed by atoms with Crippen molar-refractivity contribution in [2.24, 2.45) is 0 Å². The van der Waals surface area contributed by atoms with Crippen molar-refractivity contribution in [2.45, 2.75) is 19.4 Å². The molecule has 142 valence electrons. The molecule has 3 nitrogen and oxygen atoms in total. The smallest absolute Gasteiger partial charge is 0.164 e. The molecule has 0 fully saturated rings. The summed E-state index contributed by atoms with van der Waals surface area (Å²) in [5, 5.41) is 0. The molecule has 0 unspecified atom stereocenters. The van der Waals surface area contributed by atoms with Crippen LogP contribution in [0.25, 0.3) is 0 Å². The Bertz CT molecular complexity index is 821. The first kappa shape index (κ1) is 19.7. The van der Waals surface area contributed by atoms with E-state index in [1.165, 1.54) is 5.56 Å². The van der Waals surface area contributed by atoms with Gasteiger partial charge >= 0.3 is 0 Å². The fourth-order valence-electron chi connectivity index (χ4n) is 3.17. The number of nitrogens with zero attached hydrogens (tertiary/aromatic N) is 1. The second-order valence-corrected chi connectivity index (χ2v) is 6.84. The second kappa shape index (κ2) is 10.3. The second-order valence-electron chi connectivity index (χ2n) is 6.84. The molecule has 3 aromatic carbocycles. The van der Waals surface area contributed by atoms with Crippen molar-refractivity contribution in [3.8, 4) is 0 Å². The summed E-state index contributed by atoms with van der Waals surface area (Å²) in [5.74, 6) is 0.265. The Hall–Kier alpha value is -3.04. The third-order valence-electron chi connectivity index (χ3n) is 4.75. The van der Waals surface area contributed by atoms with E-state index in [4.69, 9.17) is 0 Å². The summed E-state index contributed by atoms with van der Waals surface area (Å²) in [6.45, 7) is 1.99. The minimum Gasteiger partial charge on any atom is -0.298 e. The fraction of sp³-hybridized carbons (Fsp3) is 0.200. The Morgan fingerprint density at radius 2 is 0.964 bits per heavy atom. The van der Waals surface area contributed by atoms with E-state index < -0.39 is 0 Å². The number of carbonyl (C=O) groups excluding carboxylic acids is 2. The molecule has 0 amide bonds. The van der Waals surface area contributed by atoms with Gasteiger partial charge in [-0.05, 0) is 5.56 Å². The number of ketones is 2. The number of carbonyl (C=O) groups is 2. The summed E-state index contributed by atoms with van der Waals surface area (Å²) in [5.41, 5.74) is 2.66. The van der Waals surface area contributed by atoms with Gasteiger partial charge in [0.05, 0.1) is 0 Å². The van der Waals surface area contributed by atoms with Gasteiger partial charge in [0, 0.05) is 43.6 Å². The first-order chi connectivity index (χ1) is 13.7. The highest BCUT2D eigenvalue weighted by atomic mass is 16.1. The molecule has 3 aromatic rings. The van der Waals surface area contributed by atoms with Crippen molar-refractivity contribution in [3.63, 3.8) is 0 Å². The molecular weight excluding hydrogens is 346 g/mol. The molecule has 0 aliphatic carbocycles. The maximum atomic E-state index is 12.5. The molecule has 0 heterocycles. The Morgan fingerprint density at radius 3 is 1.39 bits per heavy atom. The average molecular weight is 371 g/mol. The van der Waals surface area contributed by atoms with Gasteiger partial charge in [-0.1, -0.05) is 91.0 Å². The highest BCUT2D eigenvalue weighted by Crippen LogP contribution is 2.11. The normalized spacial score (nSPS) is 10.8. The maximum Gasteiger partial charge on any atom is 0.164 e. The Kier molecular flexibility index (Phi) is 7.28. The topological polar surface area (TPSA) is 37.4 Å². The predicted octanol–water partition coefficient (Wildman–Crippen LogP) is 5.03. The summed E-state index contributed by atoms with van der Waals surface area (Å²) >= 11 is 0. The van der Waals surface area contributed by atoms with Gasteiger partial charge < -0.3 is 0 Å². The molecule has 0 aliphatic rings. The van der Waals surface area contributed by atoms with Crippen molar-refractivity contribution in [1.29, 1.82) is 0 Å². The van der Waals surface area contributed by atoms with Crippen molar-refractivity contribution < 1.29 is 9.59 Å². The summed E-state index contributed by atoms with van der Waals surface area (Å²) in [4.78, 5) is 27.1. The van der Waals surface area contributed by atoms with E-state index in [9.17, 15) is 9.59 Å². The number of hydrogen-bond donors (Lipinski definition) is 0. The van der Waals surface area contributed by atoms with Crippen LogP contribution in [0.3, 0.4) is 0 Å². The average Bonchev–Trinajstić information content (AvgIpc) is 2.77. The summed E-state index contributed by atoms with van der Waals surface area (Å²) in [6, 6.07) is 28.9. The summed E-state index contributed by atoms with van der Waals surface area (Å²) in [6.07, 6.45) is 0.882. The zero-order chi connectivity index (χ0) is 19.6. The van der Waals surface area contributed by atoms with Gasteiger partial charge in [-0.2, -0.15) is 0 Å². The van der Waals surface area contributed by atoms with Crippen molar-refractivity contribution in [2.75, 3.05) is 13.1 Å². The lowest BCUT2D eigenvalue weighted by Crippen LogP contribution is -2.28. The third-order valence-corrected chi connectivity index (χ3v) is 4.75. The van der Waals surface area contributed by atoms with Gasteiger partial charge in [-0.25, -0.2) is 0 Å². The lowest BCUT2D eigenvalue weighted by molar-refractivity contribution is 0.0943. The first-order valence-electron chi connectivity index (χ1n) is 9.65. The molecule has 3 heteroatoms. The SMILES string of the molecule is O=C(CCN(CCC(=O)c1ccccc1)Cc1ccccc1)c1ccccc1. The molecule has 0 saturated heterocycles. The Balaban J connectivity index is 1.61. The van der Waals surface area contributed by atoms with Crippen LogP contribution in [0.4, 0.5) is 0 Å². The van der Waals surface area contributed by atoms with Crippen LogP contribution in [0, 0.1) is 0 Å². The molecule has 0 bridgehead atoms. The predicted molar refractivity (Wildman–Crippen MR) is 112 cm³/mol. The zero-order valence-electron chi connectivity index (χ0n) is 16.0. The number of hydrogen-bond acceptors (Lipinski definition) is 3. The van der Waals surface area contributed by atoms with Crippen LogP contribution in [0.1, 0.15) is 39.1 Å². The van der Waals surface area contributed by atoms with E-state index in [-0.39, 0.29) is 11.6 Å². The number of Topliss-reactive ketones (excluding diaryl/α,β-unsaturated/α-hetero) is 2. The molecule has 3 rings (SSSR count). The van der Waals surface area contributed by atoms with Gasteiger partial charge in [0.25, 0.3) is 0 Å². The first-order valence-corrected chi connectivity index (χ1v) is 9.65. The molecule has 0 radical (unpaired) electrons. The summed E-state index contributed by atoms with van der Waals surface area (Å²) in [7, 11) is 0. The van der Waals surface area contributed by atoms with Gasteiger partial charge in [-0.3, -0.25) is 14.5 Å². The molecule has 0 atom stereocenters. The van der Waals surface area contributed by atoms with Crippen molar-refractivity contribution >= 4 is 11.6 Å². The zero-order valence-corrected chi connectivity index (χ0v) is 16.0. The highest BCUT2D eigenvalue weighted by Gasteiger charge is 2.13. The van der Waals surface area contributed by atoms with E-state index in [2.05, 4.69) is 17.0 Å². The minimum absolute atomic E-state index is 0.132. The van der Waals surface area contributed by atoms with E-state index >= 15 is 0 Å². The molecule has 0 aliphatic heterocycles. The van der Waals surface area contributed by atoms with Crippen LogP contribution < -0.4 is 0 Å². The molecule has 0 aromatic heterocycles. The third kappa shape index (κ3) is 6.00. The number of benzene rings is 3. The van der Waals surface area contributed by atoms with Gasteiger partial charge in [-0.15, -0.1) is 0 Å². The van der Waals surface area contributed by atoms with E-state index in [1.54, 1.807) is 0 Å². The fourth-order valence-corrected chi connectivity index (χ4v) is 3.17. The Morgan fingerprint density at radius 1 is 0.571 bits per heavy atom. The van der Waals surface area contributed by atoms with E-state index in [0.717, 1.165) is 17.7 Å². The van der Waals surface area contributed by atoms with Gasteiger partial charge in [0.2, 0.25) is 0 Å². The van der Waals surface area contributed by atoms with Crippen LogP contribution in [0.2, 0.25) is 0 Å². The number of rotatable bonds is 10. The van der Waals surface area contributed by atoms with Gasteiger partial charge in [0.1, 0.15) is 0 Å². The lowest BCUT2D eigenvalue weighted by atomic mass is 10.1. The Labute approximate surface area is 166 Å². The molecule has 0 N–H and O–H groups in total. The standard InChI is InChI=1S/C25H25NO2/c27-24(22-12-6-2-7-13-22)16-18-26(20-21-10-4-1-5-11-21)19-17-25(28)23-14-8-3-9-15-23/h1-15H,16-20H2. The maximum absolute atomic E-state index is 12.5. The molecule has 0 saturated carbocycles. The summed E-state index contributed by atoms with van der Waals surface area (Å²) < 4.78 is 0. The van der Waals surface area contributed by atoms with E-state index in [1.807, 2.05) is 78.9 Å². The van der Waals surface area contributed by atoms with Crippen LogP contribution in [-0.2, 0) is 6.54 Å². The van der Waals surface area contributed by atoms with Crippen LogP contribution in [0.5, 0.6) is 0 Å². The monoisotopic (exact) mass is 371 g/mol. The van der Waals surface area contributed by atoms with E-state index in [0.29, 0.717) is 25.9 Å². The van der Waals surface area contributed by atoms with Crippen molar-refractivity contribution in [1.82, 2.24) is 4.90 Å². The van der Waals surface area contributed by atoms with Crippen LogP contribution >= 0.6 is 0 Å². The minimum atomic E-state index is 0.132. The largest absolute Gasteiger partial charge is 0.298 e. The van der Waals surface area contributed by atoms with Crippen molar-refractivity contribution in [3.05, 3.63) is 108 Å². The molecule has 0 spiro atoms. The molecular formula is C25H25NO2. The van der Waals surface area contributed by atoms with Gasteiger partial charge in [0.15, 0.2) is 11.6 Å². The quantitative estimate of drug-likeness (QED) is 0.469. The highest BCUT2D eigenvalue weighted by molar-refractivity contribution is 5.96. The lowest BCUT2D eigenvalue weighted by Gasteiger charge is -2.22. The van der Waals surface area contributed by atoms with Crippen LogP contribution in [-0.4, -0.2) is 29.6 Å². The van der Waals surface area contributed by atoms with Crippen LogP contribution in [0.15, 0.2) is 91.0 Å². The molecule has 28 heavy (non-hydrogen) atoms.